The molecule has 0 spiro atoms. The van der Waals surface area contributed by atoms with E-state index < -0.39 is 28.0 Å². The summed E-state index contributed by atoms with van der Waals surface area (Å²) in [5, 5.41) is 13.0. The number of hydrogen-bond donors (Lipinski definition) is 1. The lowest BCUT2D eigenvalue weighted by Crippen LogP contribution is -2.14. The Morgan fingerprint density at radius 2 is 2.15 bits per heavy atom. The monoisotopic (exact) mass is 339 g/mol. The zero-order valence-corrected chi connectivity index (χ0v) is 11.4. The normalized spacial score (nSPS) is 10.1. The molecule has 0 atom stereocenters. The van der Waals surface area contributed by atoms with Gasteiger partial charge in [0.15, 0.2) is 11.5 Å². The number of nitrogens with one attached hydrogen (secondary N) is 1. The number of hydrogen-bond acceptors (Lipinski definition) is 4. The molecular formula is C12H7BrFN3O3. The van der Waals surface area contributed by atoms with Crippen molar-refractivity contribution >= 4 is 33.2 Å². The SMILES string of the molecule is O=C(Nc1c(F)cccc1[N+](=O)[O-])c1ccnc(Br)c1. The minimum absolute atomic E-state index is 0.199. The number of nitro groups is 1. The summed E-state index contributed by atoms with van der Waals surface area (Å²) in [6.45, 7) is 0. The van der Waals surface area contributed by atoms with Gasteiger partial charge in [0.25, 0.3) is 11.6 Å². The van der Waals surface area contributed by atoms with Gasteiger partial charge in [-0.2, -0.15) is 0 Å². The Morgan fingerprint density at radius 3 is 2.80 bits per heavy atom. The molecule has 0 aliphatic rings. The molecule has 0 saturated heterocycles. The lowest BCUT2D eigenvalue weighted by Gasteiger charge is -2.07. The van der Waals surface area contributed by atoms with Crippen LogP contribution in [0.1, 0.15) is 10.4 Å². The fourth-order valence-electron chi connectivity index (χ4n) is 1.52. The van der Waals surface area contributed by atoms with Gasteiger partial charge in [0.05, 0.1) is 4.92 Å². The molecule has 0 unspecified atom stereocenters. The largest absolute Gasteiger partial charge is 0.314 e. The van der Waals surface area contributed by atoms with Crippen molar-refractivity contribution in [2.45, 2.75) is 0 Å². The van der Waals surface area contributed by atoms with Crippen molar-refractivity contribution in [1.29, 1.82) is 0 Å². The van der Waals surface area contributed by atoms with Crippen LogP contribution in [0.15, 0.2) is 41.1 Å². The summed E-state index contributed by atoms with van der Waals surface area (Å²) in [4.78, 5) is 25.8. The van der Waals surface area contributed by atoms with Crippen LogP contribution in [-0.2, 0) is 0 Å². The minimum atomic E-state index is -0.874. The molecule has 1 aromatic heterocycles. The van der Waals surface area contributed by atoms with Gasteiger partial charge in [0.2, 0.25) is 0 Å². The van der Waals surface area contributed by atoms with E-state index in [9.17, 15) is 19.3 Å². The van der Waals surface area contributed by atoms with Gasteiger partial charge in [-0.3, -0.25) is 14.9 Å². The highest BCUT2D eigenvalue weighted by Crippen LogP contribution is 2.27. The Morgan fingerprint density at radius 1 is 1.40 bits per heavy atom. The molecule has 1 N–H and O–H groups in total. The Labute approximate surface area is 120 Å². The van der Waals surface area contributed by atoms with E-state index in [1.807, 2.05) is 0 Å². The van der Waals surface area contributed by atoms with Gasteiger partial charge < -0.3 is 5.32 Å². The fourth-order valence-corrected chi connectivity index (χ4v) is 1.88. The quantitative estimate of drug-likeness (QED) is 0.528. The third-order valence-electron chi connectivity index (χ3n) is 2.42. The molecule has 1 aromatic carbocycles. The average molecular weight is 340 g/mol. The molecule has 20 heavy (non-hydrogen) atoms. The van der Waals surface area contributed by atoms with Gasteiger partial charge in [0.1, 0.15) is 4.60 Å². The Balaban J connectivity index is 2.35. The number of halogens is 2. The summed E-state index contributed by atoms with van der Waals surface area (Å²) in [5.74, 6) is -1.54. The zero-order valence-electron chi connectivity index (χ0n) is 9.84. The van der Waals surface area contributed by atoms with Gasteiger partial charge in [-0.25, -0.2) is 9.37 Å². The van der Waals surface area contributed by atoms with Crippen LogP contribution in [-0.4, -0.2) is 15.8 Å². The van der Waals surface area contributed by atoms with Crippen molar-refractivity contribution in [2.24, 2.45) is 0 Å². The van der Waals surface area contributed by atoms with Gasteiger partial charge in [0, 0.05) is 17.8 Å². The topological polar surface area (TPSA) is 85.1 Å². The van der Waals surface area contributed by atoms with Crippen LogP contribution in [0.3, 0.4) is 0 Å². The summed E-state index contributed by atoms with van der Waals surface area (Å²) >= 11 is 3.09. The van der Waals surface area contributed by atoms with Gasteiger partial charge in [-0.05, 0) is 34.1 Å². The van der Waals surface area contributed by atoms with Crippen molar-refractivity contribution in [1.82, 2.24) is 4.98 Å². The summed E-state index contributed by atoms with van der Waals surface area (Å²) in [5.41, 5.74) is -0.772. The lowest BCUT2D eigenvalue weighted by atomic mass is 10.2. The highest BCUT2D eigenvalue weighted by Gasteiger charge is 2.20. The van der Waals surface area contributed by atoms with Gasteiger partial charge >= 0.3 is 0 Å². The number of benzene rings is 1. The first-order valence-electron chi connectivity index (χ1n) is 5.35. The Kier molecular flexibility index (Phi) is 4.04. The molecule has 0 bridgehead atoms. The van der Waals surface area contributed by atoms with Crippen LogP contribution in [0.2, 0.25) is 0 Å². The van der Waals surface area contributed by atoms with Crippen molar-refractivity contribution in [3.8, 4) is 0 Å². The van der Waals surface area contributed by atoms with E-state index in [4.69, 9.17) is 0 Å². The van der Waals surface area contributed by atoms with Crippen LogP contribution in [0, 0.1) is 15.9 Å². The minimum Gasteiger partial charge on any atom is -0.314 e. The third kappa shape index (κ3) is 2.97. The Hall–Kier alpha value is -2.35. The van der Waals surface area contributed by atoms with E-state index in [1.165, 1.54) is 24.4 Å². The molecule has 0 aliphatic carbocycles. The summed E-state index contributed by atoms with van der Waals surface area (Å²) in [7, 11) is 0. The standard InChI is InChI=1S/C12H7BrFN3O3/c13-10-6-7(4-5-15-10)12(18)16-11-8(14)2-1-3-9(11)17(19)20/h1-6H,(H,16,18). The predicted octanol–water partition coefficient (Wildman–Crippen LogP) is 3.14. The van der Waals surface area contributed by atoms with Gasteiger partial charge in [-0.1, -0.05) is 6.07 Å². The highest BCUT2D eigenvalue weighted by atomic mass is 79.9. The maximum atomic E-state index is 13.6. The van der Waals surface area contributed by atoms with Crippen molar-refractivity contribution in [3.05, 3.63) is 62.6 Å². The molecule has 102 valence electrons. The number of rotatable bonds is 3. The molecular weight excluding hydrogens is 333 g/mol. The van der Waals surface area contributed by atoms with Crippen molar-refractivity contribution in [2.75, 3.05) is 5.32 Å². The lowest BCUT2D eigenvalue weighted by molar-refractivity contribution is -0.384. The molecule has 0 aliphatic heterocycles. The maximum Gasteiger partial charge on any atom is 0.295 e. The zero-order chi connectivity index (χ0) is 14.7. The summed E-state index contributed by atoms with van der Waals surface area (Å²) in [6.07, 6.45) is 1.38. The second-order valence-electron chi connectivity index (χ2n) is 3.71. The second-order valence-corrected chi connectivity index (χ2v) is 4.52. The molecule has 1 amide bonds. The summed E-state index contributed by atoms with van der Waals surface area (Å²) in [6, 6.07) is 6.17. The molecule has 8 heteroatoms. The van der Waals surface area contributed by atoms with Gasteiger partial charge in [-0.15, -0.1) is 0 Å². The van der Waals surface area contributed by atoms with Crippen LogP contribution >= 0.6 is 15.9 Å². The van der Waals surface area contributed by atoms with E-state index in [0.717, 1.165) is 12.1 Å². The molecule has 6 nitrogen and oxygen atoms in total. The number of aromatic nitrogens is 1. The maximum absolute atomic E-state index is 13.6. The number of carbonyl (C=O) groups is 1. The number of para-hydroxylation sites is 1. The number of amides is 1. The first kappa shape index (κ1) is 14.1. The van der Waals surface area contributed by atoms with E-state index in [1.54, 1.807) is 0 Å². The summed E-state index contributed by atoms with van der Waals surface area (Å²) < 4.78 is 14.0. The molecule has 0 fully saturated rings. The smallest absolute Gasteiger partial charge is 0.295 e. The second kappa shape index (κ2) is 5.74. The van der Waals surface area contributed by atoms with E-state index in [-0.39, 0.29) is 5.56 Å². The van der Waals surface area contributed by atoms with Crippen LogP contribution in [0.4, 0.5) is 15.8 Å². The molecule has 0 radical (unpaired) electrons. The fraction of sp³-hybridized carbons (Fsp3) is 0. The number of nitrogens with zero attached hydrogens (tertiary/aromatic N) is 2. The van der Waals surface area contributed by atoms with Crippen LogP contribution in [0.25, 0.3) is 0 Å². The molecule has 0 saturated carbocycles. The molecule has 1 heterocycles. The van der Waals surface area contributed by atoms with Crippen molar-refractivity contribution in [3.63, 3.8) is 0 Å². The van der Waals surface area contributed by atoms with E-state index >= 15 is 0 Å². The highest BCUT2D eigenvalue weighted by molar-refractivity contribution is 9.10. The molecule has 2 aromatic rings. The third-order valence-corrected chi connectivity index (χ3v) is 2.85. The van der Waals surface area contributed by atoms with E-state index in [2.05, 4.69) is 26.2 Å². The number of carbonyl (C=O) groups excluding carboxylic acids is 1. The number of anilines is 1. The number of nitro benzene ring substituents is 1. The van der Waals surface area contributed by atoms with Crippen molar-refractivity contribution < 1.29 is 14.1 Å². The Bertz CT molecular complexity index is 693. The average Bonchev–Trinajstić information content (AvgIpc) is 2.40. The number of pyridine rings is 1. The molecule has 2 rings (SSSR count). The van der Waals surface area contributed by atoms with Crippen LogP contribution in [0.5, 0.6) is 0 Å². The first-order chi connectivity index (χ1) is 9.49. The van der Waals surface area contributed by atoms with Crippen LogP contribution < -0.4 is 5.32 Å². The van der Waals surface area contributed by atoms with E-state index in [0.29, 0.717) is 4.60 Å². The predicted molar refractivity (Wildman–Crippen MR) is 72.9 cm³/mol. The first-order valence-corrected chi connectivity index (χ1v) is 6.14.